The second kappa shape index (κ2) is 7.89. The van der Waals surface area contributed by atoms with E-state index in [0.29, 0.717) is 25.8 Å². The SMILES string of the molecule is N[C@@H](CCCCNOC(=O)C=O)C(=O)O. The third-order valence-electron chi connectivity index (χ3n) is 1.63. The summed E-state index contributed by atoms with van der Waals surface area (Å²) < 4.78 is 0. The van der Waals surface area contributed by atoms with Crippen molar-refractivity contribution in [3.05, 3.63) is 0 Å². The number of hydrogen-bond donors (Lipinski definition) is 3. The summed E-state index contributed by atoms with van der Waals surface area (Å²) in [6.45, 7) is 0.353. The highest BCUT2D eigenvalue weighted by atomic mass is 16.7. The van der Waals surface area contributed by atoms with Crippen LogP contribution in [0.1, 0.15) is 19.3 Å². The highest BCUT2D eigenvalue weighted by molar-refractivity contribution is 6.20. The molecule has 0 aromatic carbocycles. The Balaban J connectivity index is 3.29. The molecule has 0 bridgehead atoms. The van der Waals surface area contributed by atoms with E-state index in [4.69, 9.17) is 10.8 Å². The first kappa shape index (κ1) is 13.5. The van der Waals surface area contributed by atoms with Gasteiger partial charge in [-0.1, -0.05) is 0 Å². The average Bonchev–Trinajstić information content (AvgIpc) is 2.22. The van der Waals surface area contributed by atoms with Crippen molar-refractivity contribution in [3.63, 3.8) is 0 Å². The fraction of sp³-hybridized carbons (Fsp3) is 0.625. The van der Waals surface area contributed by atoms with Crippen molar-refractivity contribution < 1.29 is 24.3 Å². The smallest absolute Gasteiger partial charge is 0.389 e. The lowest BCUT2D eigenvalue weighted by Gasteiger charge is -2.06. The van der Waals surface area contributed by atoms with Gasteiger partial charge in [-0.25, -0.2) is 4.79 Å². The number of hydroxylamine groups is 1. The lowest BCUT2D eigenvalue weighted by atomic mass is 10.1. The molecule has 7 heteroatoms. The van der Waals surface area contributed by atoms with Gasteiger partial charge in [-0.05, 0) is 19.3 Å². The van der Waals surface area contributed by atoms with E-state index in [9.17, 15) is 14.4 Å². The topological polar surface area (TPSA) is 119 Å². The van der Waals surface area contributed by atoms with E-state index in [0.717, 1.165) is 0 Å². The Bertz CT molecular complexity index is 231. The molecular formula is C8H14N2O5. The minimum absolute atomic E-state index is 0.0490. The molecule has 0 unspecified atom stereocenters. The van der Waals surface area contributed by atoms with Gasteiger partial charge >= 0.3 is 11.9 Å². The monoisotopic (exact) mass is 218 g/mol. The van der Waals surface area contributed by atoms with Crippen LogP contribution in [0, 0.1) is 0 Å². The number of hydrogen-bond acceptors (Lipinski definition) is 6. The number of carboxylic acid groups (broad SMARTS) is 1. The molecule has 15 heavy (non-hydrogen) atoms. The molecule has 4 N–H and O–H groups in total. The zero-order valence-electron chi connectivity index (χ0n) is 8.14. The van der Waals surface area contributed by atoms with Gasteiger partial charge in [0.1, 0.15) is 6.04 Å². The fourth-order valence-corrected chi connectivity index (χ4v) is 0.831. The lowest BCUT2D eigenvalue weighted by molar-refractivity contribution is -0.154. The van der Waals surface area contributed by atoms with Crippen molar-refractivity contribution in [3.8, 4) is 0 Å². The number of aliphatic carboxylic acids is 1. The van der Waals surface area contributed by atoms with Crippen LogP contribution < -0.4 is 11.2 Å². The van der Waals surface area contributed by atoms with E-state index in [2.05, 4.69) is 10.3 Å². The second-order valence-corrected chi connectivity index (χ2v) is 2.87. The molecule has 7 nitrogen and oxygen atoms in total. The van der Waals surface area contributed by atoms with Gasteiger partial charge in [0.25, 0.3) is 0 Å². The van der Waals surface area contributed by atoms with Crippen molar-refractivity contribution in [2.45, 2.75) is 25.3 Å². The van der Waals surface area contributed by atoms with Gasteiger partial charge in [0.2, 0.25) is 6.29 Å². The number of rotatable bonds is 8. The maximum absolute atomic E-state index is 10.3. The van der Waals surface area contributed by atoms with Crippen LogP contribution in [0.2, 0.25) is 0 Å². The van der Waals surface area contributed by atoms with Crippen molar-refractivity contribution in [1.29, 1.82) is 0 Å². The zero-order valence-corrected chi connectivity index (χ0v) is 8.14. The van der Waals surface area contributed by atoms with E-state index in [1.807, 2.05) is 0 Å². The zero-order chi connectivity index (χ0) is 11.7. The largest absolute Gasteiger partial charge is 0.480 e. The average molecular weight is 218 g/mol. The molecule has 0 rings (SSSR count). The second-order valence-electron chi connectivity index (χ2n) is 2.87. The predicted molar refractivity (Wildman–Crippen MR) is 49.6 cm³/mol. The van der Waals surface area contributed by atoms with E-state index >= 15 is 0 Å². The predicted octanol–water partition coefficient (Wildman–Crippen LogP) is -1.18. The van der Waals surface area contributed by atoms with Crippen LogP contribution in [-0.4, -0.2) is 35.9 Å². The summed E-state index contributed by atoms with van der Waals surface area (Å²) in [5.41, 5.74) is 7.52. The molecule has 1 atom stereocenters. The number of nitrogens with two attached hydrogens (primary N) is 1. The molecule has 86 valence electrons. The summed E-state index contributed by atoms with van der Waals surface area (Å²) in [4.78, 5) is 34.6. The Morgan fingerprint density at radius 2 is 2.13 bits per heavy atom. The Morgan fingerprint density at radius 1 is 1.47 bits per heavy atom. The molecule has 0 radical (unpaired) electrons. The van der Waals surface area contributed by atoms with E-state index in [-0.39, 0.29) is 6.29 Å². The lowest BCUT2D eigenvalue weighted by Crippen LogP contribution is -2.30. The quantitative estimate of drug-likeness (QED) is 0.203. The van der Waals surface area contributed by atoms with Crippen molar-refractivity contribution >= 4 is 18.2 Å². The highest BCUT2D eigenvalue weighted by Gasteiger charge is 2.09. The molecule has 0 fully saturated rings. The van der Waals surface area contributed by atoms with Gasteiger partial charge in [-0.15, -0.1) is 0 Å². The Labute approximate surface area is 86.5 Å². The molecule has 0 aliphatic rings. The Kier molecular flexibility index (Phi) is 7.12. The molecular weight excluding hydrogens is 204 g/mol. The fourth-order valence-electron chi connectivity index (χ4n) is 0.831. The third-order valence-corrected chi connectivity index (χ3v) is 1.63. The summed E-state index contributed by atoms with van der Waals surface area (Å²) in [6.07, 6.45) is 1.61. The molecule has 0 aromatic heterocycles. The van der Waals surface area contributed by atoms with Crippen LogP contribution >= 0.6 is 0 Å². The molecule has 0 saturated carbocycles. The number of carboxylic acids is 1. The number of unbranched alkanes of at least 4 members (excludes halogenated alkanes) is 1. The van der Waals surface area contributed by atoms with Crippen LogP contribution in [0.25, 0.3) is 0 Å². The molecule has 0 amide bonds. The summed E-state index contributed by atoms with van der Waals surface area (Å²) in [5.74, 6) is -2.02. The molecule has 0 saturated heterocycles. The number of nitrogens with one attached hydrogen (secondary N) is 1. The van der Waals surface area contributed by atoms with Crippen molar-refractivity contribution in [2.75, 3.05) is 6.54 Å². The van der Waals surface area contributed by atoms with Gasteiger partial charge < -0.3 is 15.7 Å². The van der Waals surface area contributed by atoms with Gasteiger partial charge in [0.15, 0.2) is 0 Å². The molecule has 0 aliphatic carbocycles. The van der Waals surface area contributed by atoms with Gasteiger partial charge in [-0.3, -0.25) is 9.59 Å². The minimum Gasteiger partial charge on any atom is -0.480 e. The summed E-state index contributed by atoms with van der Waals surface area (Å²) >= 11 is 0. The Hall–Kier alpha value is -1.47. The maximum Gasteiger partial charge on any atom is 0.389 e. The van der Waals surface area contributed by atoms with Gasteiger partial charge in [-0.2, -0.15) is 5.48 Å². The van der Waals surface area contributed by atoms with Gasteiger partial charge in [0.05, 0.1) is 0 Å². The van der Waals surface area contributed by atoms with Crippen LogP contribution in [0.3, 0.4) is 0 Å². The Morgan fingerprint density at radius 3 is 2.67 bits per heavy atom. The van der Waals surface area contributed by atoms with Crippen molar-refractivity contribution in [1.82, 2.24) is 5.48 Å². The van der Waals surface area contributed by atoms with Crippen LogP contribution in [0.15, 0.2) is 0 Å². The van der Waals surface area contributed by atoms with E-state index < -0.39 is 18.0 Å². The normalized spacial score (nSPS) is 11.8. The first-order valence-electron chi connectivity index (χ1n) is 4.45. The summed E-state index contributed by atoms with van der Waals surface area (Å²) in [7, 11) is 0. The number of carbonyl (C=O) groups is 3. The third kappa shape index (κ3) is 7.59. The first-order chi connectivity index (χ1) is 7.07. The number of carbonyl (C=O) groups excluding carboxylic acids is 2. The molecule has 0 spiro atoms. The number of aldehydes is 1. The van der Waals surface area contributed by atoms with Crippen LogP contribution in [0.4, 0.5) is 0 Å². The summed E-state index contributed by atoms with van der Waals surface area (Å²) in [5, 5.41) is 8.44. The summed E-state index contributed by atoms with van der Waals surface area (Å²) in [6, 6.07) is -0.859. The highest BCUT2D eigenvalue weighted by Crippen LogP contribution is 1.97. The maximum atomic E-state index is 10.3. The van der Waals surface area contributed by atoms with E-state index in [1.165, 1.54) is 0 Å². The van der Waals surface area contributed by atoms with E-state index in [1.54, 1.807) is 0 Å². The molecule has 0 aliphatic heterocycles. The minimum atomic E-state index is -1.03. The first-order valence-corrected chi connectivity index (χ1v) is 4.45. The van der Waals surface area contributed by atoms with Gasteiger partial charge in [0, 0.05) is 6.54 Å². The van der Waals surface area contributed by atoms with Crippen LogP contribution in [0.5, 0.6) is 0 Å². The van der Waals surface area contributed by atoms with Crippen molar-refractivity contribution in [2.24, 2.45) is 5.73 Å². The van der Waals surface area contributed by atoms with Crippen LogP contribution in [-0.2, 0) is 19.2 Å². The molecule has 0 heterocycles. The molecule has 0 aromatic rings. The standard InChI is InChI=1S/C8H14N2O5/c9-6(8(13)14)3-1-2-4-10-15-7(12)5-11/h5-6,10H,1-4,9H2,(H,13,14)/t6-/m0/s1.